The molecule has 27 heavy (non-hydrogen) atoms. The van der Waals surface area contributed by atoms with Crippen molar-refractivity contribution in [3.05, 3.63) is 29.8 Å². The van der Waals surface area contributed by atoms with Crippen LogP contribution in [0, 0.1) is 0 Å². The van der Waals surface area contributed by atoms with E-state index in [-0.39, 0.29) is 0 Å². The Morgan fingerprint density at radius 2 is 1.93 bits per heavy atom. The molecule has 7 nitrogen and oxygen atoms in total. The highest BCUT2D eigenvalue weighted by Gasteiger charge is 2.46. The van der Waals surface area contributed by atoms with Crippen molar-refractivity contribution in [1.82, 2.24) is 4.90 Å². The van der Waals surface area contributed by atoms with Crippen LogP contribution < -0.4 is 4.74 Å². The van der Waals surface area contributed by atoms with Crippen molar-refractivity contribution in [1.29, 1.82) is 0 Å². The first-order valence-electron chi connectivity index (χ1n) is 8.92. The summed E-state index contributed by atoms with van der Waals surface area (Å²) in [7, 11) is 1.59. The highest BCUT2D eigenvalue weighted by atomic mass is 16.6. The molecular formula is C20H29NO6. The maximum Gasteiger partial charge on any atom is 0.338 e. The summed E-state index contributed by atoms with van der Waals surface area (Å²) >= 11 is 0. The first-order chi connectivity index (χ1) is 12.4. The van der Waals surface area contributed by atoms with Gasteiger partial charge in [0.15, 0.2) is 12.2 Å². The second kappa shape index (κ2) is 7.86. The maximum absolute atomic E-state index is 12.9. The number of ether oxygens (including phenoxy) is 3. The molecule has 1 aromatic carbocycles. The monoisotopic (exact) mass is 379 g/mol. The van der Waals surface area contributed by atoms with Crippen LogP contribution in [-0.4, -0.2) is 58.9 Å². The summed E-state index contributed by atoms with van der Waals surface area (Å²) in [5.74, 6) is -0.586. The van der Waals surface area contributed by atoms with Gasteiger partial charge in [0.1, 0.15) is 11.4 Å². The zero-order valence-corrected chi connectivity index (χ0v) is 16.8. The lowest BCUT2D eigenvalue weighted by Crippen LogP contribution is -2.60. The van der Waals surface area contributed by atoms with Gasteiger partial charge in [0.25, 0.3) is 5.91 Å². The Morgan fingerprint density at radius 1 is 1.33 bits per heavy atom. The maximum atomic E-state index is 12.9. The molecule has 0 unspecified atom stereocenters. The van der Waals surface area contributed by atoms with Crippen molar-refractivity contribution in [3.63, 3.8) is 0 Å². The lowest BCUT2D eigenvalue weighted by Gasteiger charge is -2.43. The molecule has 1 aliphatic heterocycles. The van der Waals surface area contributed by atoms with E-state index in [4.69, 9.17) is 14.2 Å². The SMILES string of the molecule is COc1ccc(CN2CC(C)(C)O[C@H]([C@@H](O)C(=O)OC(C)(C)C)C2=O)cc1. The summed E-state index contributed by atoms with van der Waals surface area (Å²) in [4.78, 5) is 26.7. The Labute approximate surface area is 160 Å². The molecule has 1 fully saturated rings. The summed E-state index contributed by atoms with van der Waals surface area (Å²) in [5.41, 5.74) is -0.574. The number of benzene rings is 1. The van der Waals surface area contributed by atoms with E-state index in [2.05, 4.69) is 0 Å². The largest absolute Gasteiger partial charge is 0.497 e. The molecule has 7 heteroatoms. The van der Waals surface area contributed by atoms with Gasteiger partial charge < -0.3 is 24.2 Å². The molecule has 0 saturated carbocycles. The summed E-state index contributed by atoms with van der Waals surface area (Å²) in [6, 6.07) is 7.37. The summed E-state index contributed by atoms with van der Waals surface area (Å²) in [5, 5.41) is 10.4. The van der Waals surface area contributed by atoms with Gasteiger partial charge in [0.05, 0.1) is 12.7 Å². The molecule has 0 bridgehead atoms. The second-order valence-corrected chi connectivity index (χ2v) is 8.32. The number of methoxy groups -OCH3 is 1. The molecule has 0 radical (unpaired) electrons. The van der Waals surface area contributed by atoms with E-state index in [1.807, 2.05) is 38.1 Å². The van der Waals surface area contributed by atoms with Crippen LogP contribution in [-0.2, 0) is 25.6 Å². The molecule has 1 heterocycles. The number of aliphatic hydroxyl groups is 1. The molecular weight excluding hydrogens is 350 g/mol. The number of nitrogens with zero attached hydrogens (tertiary/aromatic N) is 1. The molecule has 0 aliphatic carbocycles. The van der Waals surface area contributed by atoms with E-state index in [0.717, 1.165) is 11.3 Å². The van der Waals surface area contributed by atoms with E-state index in [0.29, 0.717) is 13.1 Å². The number of rotatable bonds is 5. The van der Waals surface area contributed by atoms with Gasteiger partial charge >= 0.3 is 5.97 Å². The molecule has 1 N–H and O–H groups in total. The summed E-state index contributed by atoms with van der Waals surface area (Å²) in [6.45, 7) is 9.40. The average Bonchev–Trinajstić information content (AvgIpc) is 2.56. The van der Waals surface area contributed by atoms with Gasteiger partial charge in [-0.3, -0.25) is 4.79 Å². The topological polar surface area (TPSA) is 85.3 Å². The van der Waals surface area contributed by atoms with Crippen LogP contribution in [0.1, 0.15) is 40.2 Å². The number of aliphatic hydroxyl groups excluding tert-OH is 1. The fourth-order valence-corrected chi connectivity index (χ4v) is 2.92. The Bertz CT molecular complexity index is 677. The number of carbonyl (C=O) groups is 2. The molecule has 2 atom stereocenters. The van der Waals surface area contributed by atoms with Crippen molar-refractivity contribution in [2.24, 2.45) is 0 Å². The normalized spacial score (nSPS) is 20.9. The minimum atomic E-state index is -1.69. The molecule has 1 saturated heterocycles. The van der Waals surface area contributed by atoms with Crippen LogP contribution in [0.2, 0.25) is 0 Å². The van der Waals surface area contributed by atoms with Crippen LogP contribution in [0.15, 0.2) is 24.3 Å². The van der Waals surface area contributed by atoms with Crippen LogP contribution in [0.25, 0.3) is 0 Å². The van der Waals surface area contributed by atoms with Gasteiger partial charge in [0, 0.05) is 13.1 Å². The molecule has 2 rings (SSSR count). The quantitative estimate of drug-likeness (QED) is 0.787. The minimum absolute atomic E-state index is 0.340. The first kappa shape index (κ1) is 21.2. The van der Waals surface area contributed by atoms with Crippen LogP contribution in [0.4, 0.5) is 0 Å². The van der Waals surface area contributed by atoms with Crippen molar-refractivity contribution in [2.75, 3.05) is 13.7 Å². The highest BCUT2D eigenvalue weighted by molar-refractivity contribution is 5.89. The fraction of sp³-hybridized carbons (Fsp3) is 0.600. The summed E-state index contributed by atoms with van der Waals surface area (Å²) in [6.07, 6.45) is -2.99. The highest BCUT2D eigenvalue weighted by Crippen LogP contribution is 2.26. The number of hydrogen-bond donors (Lipinski definition) is 1. The molecule has 1 amide bonds. The van der Waals surface area contributed by atoms with E-state index < -0.39 is 35.3 Å². The fourth-order valence-electron chi connectivity index (χ4n) is 2.92. The Hall–Kier alpha value is -2.12. The Kier molecular flexibility index (Phi) is 6.17. The lowest BCUT2D eigenvalue weighted by molar-refractivity contribution is -0.204. The number of esters is 1. The van der Waals surface area contributed by atoms with Crippen LogP contribution in [0.5, 0.6) is 5.75 Å². The van der Waals surface area contributed by atoms with Gasteiger partial charge in [-0.25, -0.2) is 4.79 Å². The van der Waals surface area contributed by atoms with Gasteiger partial charge in [-0.1, -0.05) is 12.1 Å². The van der Waals surface area contributed by atoms with Crippen molar-refractivity contribution >= 4 is 11.9 Å². The third-order valence-electron chi connectivity index (χ3n) is 4.04. The number of carbonyl (C=O) groups excluding carboxylic acids is 2. The molecule has 150 valence electrons. The predicted octanol–water partition coefficient (Wildman–Crippen LogP) is 1.90. The lowest BCUT2D eigenvalue weighted by atomic mass is 10.0. The smallest absolute Gasteiger partial charge is 0.338 e. The average molecular weight is 379 g/mol. The van der Waals surface area contributed by atoms with Crippen LogP contribution in [0.3, 0.4) is 0 Å². The second-order valence-electron chi connectivity index (χ2n) is 8.32. The van der Waals surface area contributed by atoms with E-state index in [1.54, 1.807) is 32.8 Å². The van der Waals surface area contributed by atoms with Crippen molar-refractivity contribution < 1.29 is 28.9 Å². The molecule has 1 aliphatic rings. The van der Waals surface area contributed by atoms with Gasteiger partial charge in [-0.2, -0.15) is 0 Å². The van der Waals surface area contributed by atoms with Gasteiger partial charge in [-0.15, -0.1) is 0 Å². The number of morpholine rings is 1. The standard InChI is InChI=1S/C20H29NO6/c1-19(2,3)27-18(24)15(22)16-17(23)21(12-20(4,5)26-16)11-13-7-9-14(25-6)10-8-13/h7-10,15-16,22H,11-12H2,1-6H3/t15-,16-/m1/s1. The third-order valence-corrected chi connectivity index (χ3v) is 4.04. The van der Waals surface area contributed by atoms with Crippen molar-refractivity contribution in [3.8, 4) is 5.75 Å². The van der Waals surface area contributed by atoms with E-state index >= 15 is 0 Å². The zero-order chi connectivity index (χ0) is 20.4. The summed E-state index contributed by atoms with van der Waals surface area (Å²) < 4.78 is 16.1. The van der Waals surface area contributed by atoms with Crippen molar-refractivity contribution in [2.45, 2.75) is 64.6 Å². The van der Waals surface area contributed by atoms with E-state index in [9.17, 15) is 14.7 Å². The van der Waals surface area contributed by atoms with Gasteiger partial charge in [-0.05, 0) is 52.3 Å². The third kappa shape index (κ3) is 5.68. The number of amides is 1. The first-order valence-corrected chi connectivity index (χ1v) is 8.92. The molecule has 0 aromatic heterocycles. The van der Waals surface area contributed by atoms with E-state index in [1.165, 1.54) is 0 Å². The minimum Gasteiger partial charge on any atom is -0.497 e. The Balaban J connectivity index is 2.16. The van der Waals surface area contributed by atoms with Crippen LogP contribution >= 0.6 is 0 Å². The molecule has 1 aromatic rings. The number of hydrogen-bond acceptors (Lipinski definition) is 6. The zero-order valence-electron chi connectivity index (χ0n) is 16.8. The molecule has 0 spiro atoms. The van der Waals surface area contributed by atoms with Gasteiger partial charge in [0.2, 0.25) is 0 Å². The Morgan fingerprint density at radius 3 is 2.44 bits per heavy atom. The predicted molar refractivity (Wildman–Crippen MR) is 99.2 cm³/mol.